The summed E-state index contributed by atoms with van der Waals surface area (Å²) in [7, 11) is 0. The average Bonchev–Trinajstić information content (AvgIpc) is 2.88. The number of nitrogens with zero attached hydrogens (tertiary/aromatic N) is 5. The number of aliphatic imine (C=N–C) groups is 1. The molecule has 2 aromatic heterocycles. The average molecular weight is 450 g/mol. The van der Waals surface area contributed by atoms with Crippen LogP contribution in [0.1, 0.15) is 28.6 Å². The van der Waals surface area contributed by atoms with Gasteiger partial charge in [0, 0.05) is 31.6 Å². The number of aliphatic hydroxyl groups is 2. The SMILES string of the molecule is OCc1cccc(C=NCc2cc(N3CCOCC3)nc(OCC(O)c3ccccn3)n2)c1. The molecule has 0 radical (unpaired) electrons. The Balaban J connectivity index is 1.49. The number of aliphatic hydroxyl groups excluding tert-OH is 2. The number of anilines is 1. The highest BCUT2D eigenvalue weighted by atomic mass is 16.5. The lowest BCUT2D eigenvalue weighted by Crippen LogP contribution is -2.37. The lowest BCUT2D eigenvalue weighted by Gasteiger charge is -2.28. The number of aromatic nitrogens is 3. The van der Waals surface area contributed by atoms with Crippen LogP contribution < -0.4 is 9.64 Å². The monoisotopic (exact) mass is 449 g/mol. The quantitative estimate of drug-likeness (QED) is 0.477. The third-order valence-corrected chi connectivity index (χ3v) is 5.11. The summed E-state index contributed by atoms with van der Waals surface area (Å²) < 4.78 is 11.2. The van der Waals surface area contributed by atoms with Crippen molar-refractivity contribution in [1.29, 1.82) is 0 Å². The van der Waals surface area contributed by atoms with Crippen molar-refractivity contribution in [2.24, 2.45) is 4.99 Å². The van der Waals surface area contributed by atoms with Crippen molar-refractivity contribution in [3.63, 3.8) is 0 Å². The number of hydrogen-bond acceptors (Lipinski definition) is 9. The van der Waals surface area contributed by atoms with Crippen LogP contribution in [0.4, 0.5) is 5.82 Å². The molecule has 0 spiro atoms. The van der Waals surface area contributed by atoms with Gasteiger partial charge >= 0.3 is 6.01 Å². The molecular weight excluding hydrogens is 422 g/mol. The fourth-order valence-corrected chi connectivity index (χ4v) is 3.39. The van der Waals surface area contributed by atoms with E-state index in [4.69, 9.17) is 9.47 Å². The zero-order valence-electron chi connectivity index (χ0n) is 18.2. The van der Waals surface area contributed by atoms with Gasteiger partial charge in [-0.15, -0.1) is 0 Å². The van der Waals surface area contributed by atoms with Gasteiger partial charge in [0.25, 0.3) is 0 Å². The van der Waals surface area contributed by atoms with E-state index in [2.05, 4.69) is 24.8 Å². The lowest BCUT2D eigenvalue weighted by molar-refractivity contribution is 0.0987. The van der Waals surface area contributed by atoms with Crippen LogP contribution >= 0.6 is 0 Å². The summed E-state index contributed by atoms with van der Waals surface area (Å²) in [5.41, 5.74) is 2.96. The van der Waals surface area contributed by atoms with Crippen LogP contribution in [0.5, 0.6) is 6.01 Å². The normalized spacial score (nSPS) is 15.0. The minimum absolute atomic E-state index is 0.0124. The van der Waals surface area contributed by atoms with Gasteiger partial charge in [-0.2, -0.15) is 9.97 Å². The first-order valence-corrected chi connectivity index (χ1v) is 10.8. The molecule has 2 N–H and O–H groups in total. The lowest BCUT2D eigenvalue weighted by atomic mass is 10.1. The maximum absolute atomic E-state index is 10.4. The van der Waals surface area contributed by atoms with E-state index in [0.717, 1.165) is 30.0 Å². The van der Waals surface area contributed by atoms with Crippen molar-refractivity contribution >= 4 is 12.0 Å². The van der Waals surface area contributed by atoms with E-state index in [1.54, 1.807) is 24.5 Å². The number of hydrogen-bond donors (Lipinski definition) is 2. The summed E-state index contributed by atoms with van der Waals surface area (Å²) >= 11 is 0. The summed E-state index contributed by atoms with van der Waals surface area (Å²) in [6, 6.07) is 15.0. The van der Waals surface area contributed by atoms with E-state index in [0.29, 0.717) is 31.1 Å². The highest BCUT2D eigenvalue weighted by molar-refractivity contribution is 5.79. The topological polar surface area (TPSA) is 113 Å². The van der Waals surface area contributed by atoms with E-state index in [1.165, 1.54) is 0 Å². The van der Waals surface area contributed by atoms with Crippen molar-refractivity contribution in [3.8, 4) is 6.01 Å². The Morgan fingerprint density at radius 3 is 2.79 bits per heavy atom. The summed E-state index contributed by atoms with van der Waals surface area (Å²) in [5.74, 6) is 0.739. The first-order chi connectivity index (χ1) is 16.2. The van der Waals surface area contributed by atoms with Crippen LogP contribution in [-0.2, 0) is 17.9 Å². The van der Waals surface area contributed by atoms with Gasteiger partial charge in [0.05, 0.1) is 37.8 Å². The molecule has 33 heavy (non-hydrogen) atoms. The van der Waals surface area contributed by atoms with Crippen LogP contribution in [0.3, 0.4) is 0 Å². The Morgan fingerprint density at radius 1 is 1.12 bits per heavy atom. The van der Waals surface area contributed by atoms with E-state index in [-0.39, 0.29) is 19.2 Å². The van der Waals surface area contributed by atoms with Crippen molar-refractivity contribution in [2.75, 3.05) is 37.8 Å². The van der Waals surface area contributed by atoms with Gasteiger partial charge in [0.15, 0.2) is 0 Å². The largest absolute Gasteiger partial charge is 0.460 e. The summed E-state index contributed by atoms with van der Waals surface area (Å²) in [6.45, 7) is 3.03. The highest BCUT2D eigenvalue weighted by Gasteiger charge is 2.17. The molecule has 9 heteroatoms. The number of ether oxygens (including phenoxy) is 2. The molecule has 0 saturated carbocycles. The second kappa shape index (κ2) is 11.5. The molecule has 1 fully saturated rings. The summed E-state index contributed by atoms with van der Waals surface area (Å²) in [5, 5.41) is 19.7. The van der Waals surface area contributed by atoms with Crippen molar-refractivity contribution in [1.82, 2.24) is 15.0 Å². The van der Waals surface area contributed by atoms with E-state index >= 15 is 0 Å². The van der Waals surface area contributed by atoms with Crippen LogP contribution in [0, 0.1) is 0 Å². The predicted octanol–water partition coefficient (Wildman–Crippen LogP) is 1.93. The molecule has 4 rings (SSSR count). The van der Waals surface area contributed by atoms with Gasteiger partial charge in [-0.3, -0.25) is 9.98 Å². The van der Waals surface area contributed by atoms with E-state index in [9.17, 15) is 10.2 Å². The molecule has 0 bridgehead atoms. The number of morpholine rings is 1. The zero-order valence-corrected chi connectivity index (χ0v) is 18.2. The van der Waals surface area contributed by atoms with Crippen LogP contribution in [0.15, 0.2) is 59.7 Å². The van der Waals surface area contributed by atoms with Gasteiger partial charge in [0.2, 0.25) is 0 Å². The Hall–Kier alpha value is -3.40. The molecule has 0 aliphatic carbocycles. The number of benzene rings is 1. The fourth-order valence-electron chi connectivity index (χ4n) is 3.39. The van der Waals surface area contributed by atoms with Crippen LogP contribution in [-0.4, -0.2) is 64.3 Å². The zero-order chi connectivity index (χ0) is 22.9. The first kappa shape index (κ1) is 22.8. The van der Waals surface area contributed by atoms with Gasteiger partial charge in [-0.1, -0.05) is 24.3 Å². The van der Waals surface area contributed by atoms with Crippen LogP contribution in [0.2, 0.25) is 0 Å². The Morgan fingerprint density at radius 2 is 2.00 bits per heavy atom. The Kier molecular flexibility index (Phi) is 7.91. The van der Waals surface area contributed by atoms with E-state index in [1.807, 2.05) is 36.4 Å². The first-order valence-electron chi connectivity index (χ1n) is 10.8. The molecule has 3 aromatic rings. The molecule has 1 atom stereocenters. The van der Waals surface area contributed by atoms with Crippen molar-refractivity contribution in [2.45, 2.75) is 19.3 Å². The smallest absolute Gasteiger partial charge is 0.318 e. The Bertz CT molecular complexity index is 1060. The van der Waals surface area contributed by atoms with Crippen molar-refractivity contribution in [3.05, 3.63) is 77.2 Å². The van der Waals surface area contributed by atoms with Gasteiger partial charge in [-0.05, 0) is 29.3 Å². The molecule has 1 unspecified atom stereocenters. The molecule has 1 aliphatic rings. The maximum Gasteiger partial charge on any atom is 0.318 e. The second-order valence-corrected chi connectivity index (χ2v) is 7.55. The minimum Gasteiger partial charge on any atom is -0.460 e. The van der Waals surface area contributed by atoms with Gasteiger partial charge in [0.1, 0.15) is 18.5 Å². The molecule has 0 amide bonds. The molecule has 1 saturated heterocycles. The number of pyridine rings is 1. The third kappa shape index (κ3) is 6.55. The number of rotatable bonds is 9. The molecular formula is C24H27N5O4. The molecule has 9 nitrogen and oxygen atoms in total. The summed E-state index contributed by atoms with van der Waals surface area (Å²) in [6.07, 6.45) is 2.49. The summed E-state index contributed by atoms with van der Waals surface area (Å²) in [4.78, 5) is 19.8. The van der Waals surface area contributed by atoms with Crippen LogP contribution in [0.25, 0.3) is 0 Å². The molecule has 172 valence electrons. The molecule has 1 aliphatic heterocycles. The van der Waals surface area contributed by atoms with Gasteiger partial charge in [-0.25, -0.2) is 0 Å². The fraction of sp³-hybridized carbons (Fsp3) is 0.333. The molecule has 3 heterocycles. The molecule has 1 aromatic carbocycles. The van der Waals surface area contributed by atoms with Gasteiger partial charge < -0.3 is 24.6 Å². The predicted molar refractivity (Wildman–Crippen MR) is 123 cm³/mol. The van der Waals surface area contributed by atoms with E-state index < -0.39 is 6.10 Å². The maximum atomic E-state index is 10.4. The van der Waals surface area contributed by atoms with Crippen molar-refractivity contribution < 1.29 is 19.7 Å². The Labute approximate surface area is 192 Å². The third-order valence-electron chi connectivity index (χ3n) is 5.11. The second-order valence-electron chi connectivity index (χ2n) is 7.55. The highest BCUT2D eigenvalue weighted by Crippen LogP contribution is 2.20. The minimum atomic E-state index is -0.887. The standard InChI is InChI=1S/C24H27N5O4/c30-16-19-5-3-4-18(12-19)14-25-15-20-13-23(29-8-10-32-11-9-29)28-24(27-20)33-17-22(31)21-6-1-2-7-26-21/h1-7,12-14,22,30-31H,8-11,15-17H2.